The monoisotopic (exact) mass is 358 g/mol. The van der Waals surface area contributed by atoms with E-state index < -0.39 is 0 Å². The average molecular weight is 359 g/mol. The molecule has 0 radical (unpaired) electrons. The minimum atomic E-state index is 0.140. The molecular weight excluding hydrogens is 332 g/mol. The molecule has 0 aromatic heterocycles. The molecule has 0 aliphatic heterocycles. The van der Waals surface area contributed by atoms with E-state index in [4.69, 9.17) is 15.2 Å². The minimum Gasteiger partial charge on any atom is -0.493 e. The lowest BCUT2D eigenvalue weighted by Gasteiger charge is -2.33. The first-order valence-corrected chi connectivity index (χ1v) is 8.12. The summed E-state index contributed by atoms with van der Waals surface area (Å²) in [5.41, 5.74) is 7.16. The summed E-state index contributed by atoms with van der Waals surface area (Å²) in [4.78, 5) is 2.33. The third kappa shape index (κ3) is 4.34. The van der Waals surface area contributed by atoms with Gasteiger partial charge in [0, 0.05) is 23.1 Å². The van der Waals surface area contributed by atoms with Crippen LogP contribution >= 0.6 is 15.9 Å². The van der Waals surface area contributed by atoms with E-state index in [0.29, 0.717) is 18.3 Å². The summed E-state index contributed by atoms with van der Waals surface area (Å²) < 4.78 is 11.7. The van der Waals surface area contributed by atoms with Crippen LogP contribution in [0, 0.1) is 0 Å². The van der Waals surface area contributed by atoms with E-state index in [9.17, 15) is 0 Å². The molecule has 2 N–H and O–H groups in total. The second-order valence-corrected chi connectivity index (χ2v) is 6.14. The van der Waals surface area contributed by atoms with Gasteiger partial charge in [0.15, 0.2) is 11.5 Å². The van der Waals surface area contributed by atoms with Gasteiger partial charge in [0.05, 0.1) is 14.2 Å². The zero-order chi connectivity index (χ0) is 16.0. The number of hydrogen-bond donors (Lipinski definition) is 1. The number of likely N-dealkylation sites (N-methyl/N-ethyl adjacent to an activating group) is 1. The summed E-state index contributed by atoms with van der Waals surface area (Å²) in [5.74, 6) is 1.44. The number of methoxy groups -OCH3 is 2. The molecule has 0 aliphatic carbocycles. The SMILES string of the molecule is CCCC(C)N(C)C(CN)c1cc(OC)c(OC)cc1Br. The van der Waals surface area contributed by atoms with E-state index in [1.54, 1.807) is 14.2 Å². The van der Waals surface area contributed by atoms with Crippen LogP contribution in [0.15, 0.2) is 16.6 Å². The summed E-state index contributed by atoms with van der Waals surface area (Å²) in [6.45, 7) is 4.99. The van der Waals surface area contributed by atoms with Gasteiger partial charge >= 0.3 is 0 Å². The number of rotatable bonds is 8. The zero-order valence-corrected chi connectivity index (χ0v) is 15.2. The van der Waals surface area contributed by atoms with E-state index >= 15 is 0 Å². The molecule has 1 aromatic carbocycles. The minimum absolute atomic E-state index is 0.140. The molecule has 0 saturated carbocycles. The highest BCUT2D eigenvalue weighted by atomic mass is 79.9. The summed E-state index contributed by atoms with van der Waals surface area (Å²) >= 11 is 3.63. The Hall–Kier alpha value is -0.780. The van der Waals surface area contributed by atoms with E-state index in [-0.39, 0.29) is 6.04 Å². The van der Waals surface area contributed by atoms with E-state index in [2.05, 4.69) is 41.7 Å². The van der Waals surface area contributed by atoms with Crippen LogP contribution in [0.25, 0.3) is 0 Å². The van der Waals surface area contributed by atoms with Gasteiger partial charge in [-0.05, 0) is 38.1 Å². The second kappa shape index (κ2) is 8.61. The van der Waals surface area contributed by atoms with Gasteiger partial charge in [0.2, 0.25) is 0 Å². The smallest absolute Gasteiger partial charge is 0.161 e. The lowest BCUT2D eigenvalue weighted by molar-refractivity contribution is 0.179. The van der Waals surface area contributed by atoms with Gasteiger partial charge < -0.3 is 15.2 Å². The maximum absolute atomic E-state index is 6.04. The van der Waals surface area contributed by atoms with Gasteiger partial charge in [-0.25, -0.2) is 0 Å². The fourth-order valence-corrected chi connectivity index (χ4v) is 3.15. The molecule has 120 valence electrons. The third-order valence-corrected chi connectivity index (χ3v) is 4.67. The van der Waals surface area contributed by atoms with Crippen molar-refractivity contribution in [2.75, 3.05) is 27.8 Å². The molecule has 1 aromatic rings. The van der Waals surface area contributed by atoms with Gasteiger partial charge in [0.25, 0.3) is 0 Å². The molecule has 1 rings (SSSR count). The van der Waals surface area contributed by atoms with Crippen molar-refractivity contribution in [2.24, 2.45) is 5.73 Å². The van der Waals surface area contributed by atoms with Crippen molar-refractivity contribution in [3.8, 4) is 11.5 Å². The summed E-state index contributed by atoms with van der Waals surface area (Å²) in [6.07, 6.45) is 2.31. The van der Waals surface area contributed by atoms with Gasteiger partial charge in [-0.2, -0.15) is 0 Å². The third-order valence-electron chi connectivity index (χ3n) is 3.98. The zero-order valence-electron chi connectivity index (χ0n) is 13.6. The first kappa shape index (κ1) is 18.3. The Bertz CT molecular complexity index is 454. The Morgan fingerprint density at radius 2 is 1.81 bits per heavy atom. The quantitative estimate of drug-likeness (QED) is 0.771. The van der Waals surface area contributed by atoms with Crippen molar-refractivity contribution in [1.29, 1.82) is 0 Å². The van der Waals surface area contributed by atoms with Crippen molar-refractivity contribution in [1.82, 2.24) is 4.90 Å². The molecule has 4 nitrogen and oxygen atoms in total. The fourth-order valence-electron chi connectivity index (χ4n) is 2.57. The van der Waals surface area contributed by atoms with Crippen molar-refractivity contribution in [3.63, 3.8) is 0 Å². The van der Waals surface area contributed by atoms with E-state index in [1.807, 2.05) is 12.1 Å². The first-order valence-electron chi connectivity index (χ1n) is 7.33. The second-order valence-electron chi connectivity index (χ2n) is 5.28. The molecule has 0 aliphatic rings. The largest absolute Gasteiger partial charge is 0.493 e. The summed E-state index contributed by atoms with van der Waals surface area (Å²) in [7, 11) is 5.41. The van der Waals surface area contributed by atoms with Crippen molar-refractivity contribution in [2.45, 2.75) is 38.8 Å². The average Bonchev–Trinajstić information content (AvgIpc) is 2.49. The molecule has 0 amide bonds. The van der Waals surface area contributed by atoms with Gasteiger partial charge in [0.1, 0.15) is 0 Å². The number of hydrogen-bond acceptors (Lipinski definition) is 4. The Kier molecular flexibility index (Phi) is 7.49. The molecule has 0 fully saturated rings. The fraction of sp³-hybridized carbons (Fsp3) is 0.625. The van der Waals surface area contributed by atoms with E-state index in [0.717, 1.165) is 28.6 Å². The van der Waals surface area contributed by atoms with Crippen LogP contribution in [0.5, 0.6) is 11.5 Å². The Balaban J connectivity index is 3.15. The molecular formula is C16H27BrN2O2. The van der Waals surface area contributed by atoms with Gasteiger partial charge in [-0.1, -0.05) is 29.3 Å². The highest BCUT2D eigenvalue weighted by molar-refractivity contribution is 9.10. The van der Waals surface area contributed by atoms with Crippen LogP contribution < -0.4 is 15.2 Å². The van der Waals surface area contributed by atoms with Crippen LogP contribution in [0.1, 0.15) is 38.3 Å². The predicted molar refractivity (Wildman–Crippen MR) is 91.2 cm³/mol. The standard InChI is InChI=1S/C16H27BrN2O2/c1-6-7-11(2)19(3)14(10-18)12-8-15(20-4)16(21-5)9-13(12)17/h8-9,11,14H,6-7,10,18H2,1-5H3. The van der Waals surface area contributed by atoms with Gasteiger partial charge in [-0.15, -0.1) is 0 Å². The maximum Gasteiger partial charge on any atom is 0.161 e. The molecule has 0 spiro atoms. The summed E-state index contributed by atoms with van der Waals surface area (Å²) in [5, 5.41) is 0. The lowest BCUT2D eigenvalue weighted by atomic mass is 10.0. The van der Waals surface area contributed by atoms with Crippen LogP contribution in [0.3, 0.4) is 0 Å². The molecule has 0 heterocycles. The molecule has 0 bridgehead atoms. The van der Waals surface area contributed by atoms with Crippen molar-refractivity contribution in [3.05, 3.63) is 22.2 Å². The maximum atomic E-state index is 6.04. The topological polar surface area (TPSA) is 47.7 Å². The van der Waals surface area contributed by atoms with Crippen molar-refractivity contribution < 1.29 is 9.47 Å². The number of ether oxygens (including phenoxy) is 2. The van der Waals surface area contributed by atoms with Crippen LogP contribution in [-0.4, -0.2) is 38.8 Å². The Morgan fingerprint density at radius 1 is 1.24 bits per heavy atom. The van der Waals surface area contributed by atoms with Crippen LogP contribution in [0.4, 0.5) is 0 Å². The lowest BCUT2D eigenvalue weighted by Crippen LogP contribution is -2.37. The molecule has 21 heavy (non-hydrogen) atoms. The first-order chi connectivity index (χ1) is 9.99. The Labute approximate surface area is 136 Å². The molecule has 2 atom stereocenters. The van der Waals surface area contributed by atoms with Gasteiger partial charge in [-0.3, -0.25) is 4.90 Å². The molecule has 0 saturated heterocycles. The normalized spacial score (nSPS) is 14.1. The molecule has 2 unspecified atom stereocenters. The summed E-state index contributed by atoms with van der Waals surface area (Å²) in [6, 6.07) is 4.56. The number of nitrogens with two attached hydrogens (primary N) is 1. The molecule has 5 heteroatoms. The number of halogens is 1. The number of benzene rings is 1. The van der Waals surface area contributed by atoms with Crippen LogP contribution in [0.2, 0.25) is 0 Å². The highest BCUT2D eigenvalue weighted by Gasteiger charge is 2.23. The van der Waals surface area contributed by atoms with Crippen molar-refractivity contribution >= 4 is 15.9 Å². The van der Waals surface area contributed by atoms with E-state index in [1.165, 1.54) is 0 Å². The number of nitrogens with zero attached hydrogens (tertiary/aromatic N) is 1. The highest BCUT2D eigenvalue weighted by Crippen LogP contribution is 2.37. The van der Waals surface area contributed by atoms with Crippen LogP contribution in [-0.2, 0) is 0 Å². The Morgan fingerprint density at radius 3 is 2.29 bits per heavy atom. The predicted octanol–water partition coefficient (Wildman–Crippen LogP) is 3.59.